The minimum absolute atomic E-state index is 0.795. The van der Waals surface area contributed by atoms with Gasteiger partial charge in [-0.2, -0.15) is 0 Å². The Hall–Kier alpha value is -0.0400. The Labute approximate surface area is 70.8 Å². The average molecular weight is 154 g/mol. The van der Waals surface area contributed by atoms with Crippen LogP contribution in [0.3, 0.4) is 0 Å². The smallest absolute Gasteiger partial charge is 0.0185 e. The highest BCUT2D eigenvalue weighted by molar-refractivity contribution is 4.75. The van der Waals surface area contributed by atoms with Gasteiger partial charge in [-0.25, -0.2) is 0 Å². The van der Waals surface area contributed by atoms with Crippen LogP contribution >= 0.6 is 0 Å². The molecule has 0 aromatic carbocycles. The highest BCUT2D eigenvalue weighted by Crippen LogP contribution is 2.19. The van der Waals surface area contributed by atoms with Crippen LogP contribution in [0.5, 0.6) is 0 Å². The second-order valence-electron chi connectivity index (χ2n) is 3.60. The third-order valence-electron chi connectivity index (χ3n) is 2.64. The van der Waals surface area contributed by atoms with Crippen LogP contribution < -0.4 is 0 Å². The predicted octanol–water partition coefficient (Wildman–Crippen LogP) is 2.82. The SMILES string of the molecule is [CH2-]N1CCCCC1CCCC. The molecular weight excluding hydrogens is 134 g/mol. The summed E-state index contributed by atoms with van der Waals surface area (Å²) in [6.07, 6.45) is 8.21. The number of hydrogen-bond acceptors (Lipinski definition) is 1. The van der Waals surface area contributed by atoms with Gasteiger partial charge in [0.25, 0.3) is 0 Å². The number of piperidine rings is 1. The van der Waals surface area contributed by atoms with Crippen LogP contribution in [0, 0.1) is 7.05 Å². The predicted molar refractivity (Wildman–Crippen MR) is 49.2 cm³/mol. The Balaban J connectivity index is 2.18. The molecule has 0 spiro atoms. The standard InChI is InChI=1S/C10H20N/c1-3-4-7-10-8-5-6-9-11(10)2/h10H,2-9H2,1H3/q-1. The summed E-state index contributed by atoms with van der Waals surface area (Å²) in [6.45, 7) is 3.48. The fourth-order valence-electron chi connectivity index (χ4n) is 1.83. The molecule has 1 atom stereocenters. The van der Waals surface area contributed by atoms with Crippen molar-refractivity contribution in [1.82, 2.24) is 4.90 Å². The summed E-state index contributed by atoms with van der Waals surface area (Å²) in [5.41, 5.74) is 0. The molecule has 1 heteroatoms. The maximum atomic E-state index is 4.07. The Bertz CT molecular complexity index is 101. The fourth-order valence-corrected chi connectivity index (χ4v) is 1.83. The second-order valence-corrected chi connectivity index (χ2v) is 3.60. The van der Waals surface area contributed by atoms with E-state index in [0.29, 0.717) is 0 Å². The summed E-state index contributed by atoms with van der Waals surface area (Å²) in [5, 5.41) is 0. The fraction of sp³-hybridized carbons (Fsp3) is 0.900. The molecule has 1 aliphatic heterocycles. The van der Waals surface area contributed by atoms with Crippen LogP contribution in [0.1, 0.15) is 45.4 Å². The molecule has 11 heavy (non-hydrogen) atoms. The Morgan fingerprint density at radius 3 is 2.91 bits per heavy atom. The van der Waals surface area contributed by atoms with Gasteiger partial charge in [-0.1, -0.05) is 26.2 Å². The molecule has 0 bridgehead atoms. The third-order valence-corrected chi connectivity index (χ3v) is 2.64. The minimum Gasteiger partial charge on any atom is -0.457 e. The molecule has 1 fully saturated rings. The van der Waals surface area contributed by atoms with Crippen molar-refractivity contribution in [1.29, 1.82) is 0 Å². The van der Waals surface area contributed by atoms with Crippen LogP contribution in [0.15, 0.2) is 0 Å². The molecule has 1 saturated heterocycles. The van der Waals surface area contributed by atoms with E-state index < -0.39 is 0 Å². The molecule has 1 unspecified atom stereocenters. The first-order valence-electron chi connectivity index (χ1n) is 4.91. The molecule has 66 valence electrons. The van der Waals surface area contributed by atoms with E-state index in [9.17, 15) is 0 Å². The van der Waals surface area contributed by atoms with Crippen LogP contribution in [0.2, 0.25) is 0 Å². The van der Waals surface area contributed by atoms with Crippen molar-refractivity contribution in [3.8, 4) is 0 Å². The molecule has 0 N–H and O–H groups in total. The lowest BCUT2D eigenvalue weighted by atomic mass is 9.98. The zero-order valence-electron chi connectivity index (χ0n) is 7.68. The molecule has 1 rings (SSSR count). The minimum atomic E-state index is 0.795. The first-order valence-corrected chi connectivity index (χ1v) is 4.91. The summed E-state index contributed by atoms with van der Waals surface area (Å²) < 4.78 is 0. The zero-order valence-corrected chi connectivity index (χ0v) is 7.68. The van der Waals surface area contributed by atoms with Gasteiger partial charge in [-0.3, -0.25) is 7.05 Å². The lowest BCUT2D eigenvalue weighted by Crippen LogP contribution is -2.34. The maximum absolute atomic E-state index is 4.07. The Morgan fingerprint density at radius 1 is 1.45 bits per heavy atom. The normalized spacial score (nSPS) is 27.3. The van der Waals surface area contributed by atoms with Crippen molar-refractivity contribution in [3.63, 3.8) is 0 Å². The molecule has 1 nitrogen and oxygen atoms in total. The lowest BCUT2D eigenvalue weighted by Gasteiger charge is -2.39. The molecule has 0 aliphatic carbocycles. The van der Waals surface area contributed by atoms with E-state index in [1.807, 2.05) is 0 Å². The van der Waals surface area contributed by atoms with Crippen molar-refractivity contribution in [2.24, 2.45) is 0 Å². The molecule has 1 aliphatic rings. The summed E-state index contributed by atoms with van der Waals surface area (Å²) in [5.74, 6) is 0. The average Bonchev–Trinajstić information content (AvgIpc) is 2.03. The van der Waals surface area contributed by atoms with E-state index >= 15 is 0 Å². The summed E-state index contributed by atoms with van der Waals surface area (Å²) in [4.78, 5) is 2.29. The van der Waals surface area contributed by atoms with Gasteiger partial charge >= 0.3 is 0 Å². The second kappa shape index (κ2) is 4.76. The zero-order chi connectivity index (χ0) is 8.10. The Morgan fingerprint density at radius 2 is 2.27 bits per heavy atom. The molecule has 0 amide bonds. The number of rotatable bonds is 3. The van der Waals surface area contributed by atoms with E-state index in [4.69, 9.17) is 0 Å². The van der Waals surface area contributed by atoms with Crippen molar-refractivity contribution in [3.05, 3.63) is 7.05 Å². The van der Waals surface area contributed by atoms with Gasteiger partial charge in [0, 0.05) is 0 Å². The Kier molecular flexibility index (Phi) is 3.92. The summed E-state index contributed by atoms with van der Waals surface area (Å²) in [7, 11) is 4.07. The quantitative estimate of drug-likeness (QED) is 0.565. The monoisotopic (exact) mass is 154 g/mol. The largest absolute Gasteiger partial charge is 0.457 e. The number of unbranched alkanes of at least 4 members (excludes halogenated alkanes) is 1. The van der Waals surface area contributed by atoms with E-state index in [1.165, 1.54) is 45.1 Å². The van der Waals surface area contributed by atoms with E-state index in [-0.39, 0.29) is 0 Å². The number of likely N-dealkylation sites (tertiary alicyclic amines) is 1. The molecule has 0 radical (unpaired) electrons. The van der Waals surface area contributed by atoms with Gasteiger partial charge in [0.2, 0.25) is 0 Å². The first kappa shape index (κ1) is 9.05. The lowest BCUT2D eigenvalue weighted by molar-refractivity contribution is 0.196. The highest BCUT2D eigenvalue weighted by Gasteiger charge is 2.12. The van der Waals surface area contributed by atoms with E-state index in [2.05, 4.69) is 18.9 Å². The third kappa shape index (κ3) is 2.82. The molecule has 0 aromatic rings. The van der Waals surface area contributed by atoms with Gasteiger partial charge in [0.05, 0.1) is 0 Å². The molecule has 1 heterocycles. The van der Waals surface area contributed by atoms with Crippen molar-refractivity contribution in [2.45, 2.75) is 51.5 Å². The number of hydrogen-bond donors (Lipinski definition) is 0. The highest BCUT2D eigenvalue weighted by atomic mass is 15.1. The van der Waals surface area contributed by atoms with Crippen LogP contribution in [0.4, 0.5) is 0 Å². The van der Waals surface area contributed by atoms with Crippen LogP contribution in [-0.2, 0) is 0 Å². The maximum Gasteiger partial charge on any atom is -0.0185 e. The summed E-state index contributed by atoms with van der Waals surface area (Å²) >= 11 is 0. The topological polar surface area (TPSA) is 3.24 Å². The van der Waals surface area contributed by atoms with Gasteiger partial charge in [-0.15, -0.1) is 0 Å². The van der Waals surface area contributed by atoms with Crippen molar-refractivity contribution >= 4 is 0 Å². The summed E-state index contributed by atoms with van der Waals surface area (Å²) in [6, 6.07) is 0.795. The van der Waals surface area contributed by atoms with Gasteiger partial charge in [0.1, 0.15) is 0 Å². The molecular formula is C10H20N-. The van der Waals surface area contributed by atoms with Crippen LogP contribution in [-0.4, -0.2) is 17.5 Å². The van der Waals surface area contributed by atoms with Crippen LogP contribution in [0.25, 0.3) is 0 Å². The van der Waals surface area contributed by atoms with Gasteiger partial charge < -0.3 is 4.90 Å². The first-order chi connectivity index (χ1) is 5.34. The van der Waals surface area contributed by atoms with Gasteiger partial charge in [-0.05, 0) is 31.8 Å². The molecule has 0 aromatic heterocycles. The number of nitrogens with zero attached hydrogens (tertiary/aromatic N) is 1. The van der Waals surface area contributed by atoms with Crippen molar-refractivity contribution in [2.75, 3.05) is 6.54 Å². The van der Waals surface area contributed by atoms with E-state index in [1.54, 1.807) is 0 Å². The van der Waals surface area contributed by atoms with E-state index in [0.717, 1.165) is 6.04 Å². The molecule has 0 saturated carbocycles. The van der Waals surface area contributed by atoms with Crippen molar-refractivity contribution < 1.29 is 0 Å². The van der Waals surface area contributed by atoms with Gasteiger partial charge in [0.15, 0.2) is 0 Å².